The van der Waals surface area contributed by atoms with Crippen LogP contribution in [0.4, 0.5) is 5.82 Å². The van der Waals surface area contributed by atoms with Gasteiger partial charge in [0, 0.05) is 12.6 Å². The van der Waals surface area contributed by atoms with Crippen molar-refractivity contribution in [2.75, 3.05) is 11.9 Å². The fourth-order valence-electron chi connectivity index (χ4n) is 1.64. The summed E-state index contributed by atoms with van der Waals surface area (Å²) in [5.41, 5.74) is 0. The monoisotopic (exact) mass is 287 g/mol. The average molecular weight is 288 g/mol. The van der Waals surface area contributed by atoms with E-state index in [1.165, 1.54) is 6.33 Å². The van der Waals surface area contributed by atoms with Crippen LogP contribution in [-0.2, 0) is 0 Å². The van der Waals surface area contributed by atoms with Crippen LogP contribution in [0.15, 0.2) is 17.0 Å². The molecule has 0 amide bonds. The fraction of sp³-hybridized carbons (Fsp3) is 0.636. The van der Waals surface area contributed by atoms with Crippen molar-refractivity contribution >= 4 is 21.7 Å². The van der Waals surface area contributed by atoms with Crippen LogP contribution < -0.4 is 5.32 Å². The summed E-state index contributed by atoms with van der Waals surface area (Å²) in [6.45, 7) is 4.72. The Hall–Kier alpha value is -0.680. The first-order chi connectivity index (χ1) is 7.67. The number of hydrogen-bond donors (Lipinski definition) is 2. The minimum absolute atomic E-state index is 0.330. The van der Waals surface area contributed by atoms with Gasteiger partial charge in [-0.2, -0.15) is 0 Å². The van der Waals surface area contributed by atoms with E-state index in [4.69, 9.17) is 0 Å². The standard InChI is InChI=1S/C11H18BrN3O/c1-3-8(4-2)9(16)6-13-11-5-10(12)14-7-15-11/h5,7-9,16H,3-4,6H2,1-2H3,(H,13,14,15). The zero-order chi connectivity index (χ0) is 12.0. The van der Waals surface area contributed by atoms with E-state index in [9.17, 15) is 5.11 Å². The molecule has 0 spiro atoms. The fourth-order valence-corrected chi connectivity index (χ4v) is 1.95. The van der Waals surface area contributed by atoms with Gasteiger partial charge in [0.05, 0.1) is 6.10 Å². The van der Waals surface area contributed by atoms with Crippen LogP contribution in [0.5, 0.6) is 0 Å². The van der Waals surface area contributed by atoms with E-state index >= 15 is 0 Å². The Kier molecular flexibility index (Phi) is 5.69. The molecule has 1 unspecified atom stereocenters. The van der Waals surface area contributed by atoms with Crippen LogP contribution in [0, 0.1) is 5.92 Å². The number of aliphatic hydroxyl groups is 1. The smallest absolute Gasteiger partial charge is 0.130 e. The average Bonchev–Trinajstić information content (AvgIpc) is 2.28. The van der Waals surface area contributed by atoms with Crippen LogP contribution in [0.3, 0.4) is 0 Å². The van der Waals surface area contributed by atoms with E-state index in [2.05, 4.69) is 45.1 Å². The summed E-state index contributed by atoms with van der Waals surface area (Å²) in [5, 5.41) is 13.0. The number of nitrogens with zero attached hydrogens (tertiary/aromatic N) is 2. The summed E-state index contributed by atoms with van der Waals surface area (Å²) < 4.78 is 0.738. The van der Waals surface area contributed by atoms with Gasteiger partial charge in [-0.15, -0.1) is 0 Å². The molecule has 0 saturated heterocycles. The van der Waals surface area contributed by atoms with E-state index in [0.29, 0.717) is 12.5 Å². The maximum absolute atomic E-state index is 9.92. The molecule has 4 nitrogen and oxygen atoms in total. The molecule has 90 valence electrons. The Balaban J connectivity index is 2.45. The topological polar surface area (TPSA) is 58.0 Å². The van der Waals surface area contributed by atoms with E-state index in [-0.39, 0.29) is 6.10 Å². The van der Waals surface area contributed by atoms with E-state index in [0.717, 1.165) is 23.3 Å². The predicted octanol–water partition coefficient (Wildman–Crippen LogP) is 2.45. The minimum atomic E-state index is -0.330. The van der Waals surface area contributed by atoms with Gasteiger partial charge in [0.2, 0.25) is 0 Å². The van der Waals surface area contributed by atoms with Crippen molar-refractivity contribution in [3.05, 3.63) is 17.0 Å². The minimum Gasteiger partial charge on any atom is -0.391 e. The van der Waals surface area contributed by atoms with Crippen LogP contribution in [0.2, 0.25) is 0 Å². The second-order valence-electron chi connectivity index (χ2n) is 3.75. The summed E-state index contributed by atoms with van der Waals surface area (Å²) in [5.74, 6) is 1.07. The zero-order valence-electron chi connectivity index (χ0n) is 9.65. The molecular formula is C11H18BrN3O. The van der Waals surface area contributed by atoms with Gasteiger partial charge in [0.15, 0.2) is 0 Å². The SMILES string of the molecule is CCC(CC)C(O)CNc1cc(Br)ncn1. The van der Waals surface area contributed by atoms with Gasteiger partial charge >= 0.3 is 0 Å². The highest BCUT2D eigenvalue weighted by Crippen LogP contribution is 2.14. The molecule has 0 aromatic carbocycles. The molecule has 0 bridgehead atoms. The van der Waals surface area contributed by atoms with Crippen LogP contribution >= 0.6 is 15.9 Å². The largest absolute Gasteiger partial charge is 0.391 e. The lowest BCUT2D eigenvalue weighted by Gasteiger charge is -2.20. The highest BCUT2D eigenvalue weighted by molar-refractivity contribution is 9.10. The lowest BCUT2D eigenvalue weighted by atomic mass is 9.97. The number of aliphatic hydroxyl groups excluding tert-OH is 1. The lowest BCUT2D eigenvalue weighted by Crippen LogP contribution is -2.27. The molecule has 1 heterocycles. The third-order valence-corrected chi connectivity index (χ3v) is 3.15. The Morgan fingerprint density at radius 2 is 2.06 bits per heavy atom. The first kappa shape index (κ1) is 13.4. The van der Waals surface area contributed by atoms with E-state index in [1.54, 1.807) is 6.07 Å². The number of rotatable bonds is 6. The van der Waals surface area contributed by atoms with Crippen molar-refractivity contribution in [2.45, 2.75) is 32.8 Å². The third kappa shape index (κ3) is 4.06. The summed E-state index contributed by atoms with van der Waals surface area (Å²) in [4.78, 5) is 8.00. The van der Waals surface area contributed by atoms with Crippen molar-refractivity contribution in [3.63, 3.8) is 0 Å². The number of aromatic nitrogens is 2. The quantitative estimate of drug-likeness (QED) is 0.789. The second kappa shape index (κ2) is 6.81. The molecule has 1 atom stereocenters. The molecule has 0 aliphatic carbocycles. The van der Waals surface area contributed by atoms with Crippen molar-refractivity contribution in [1.82, 2.24) is 9.97 Å². The first-order valence-electron chi connectivity index (χ1n) is 5.56. The molecule has 0 fully saturated rings. The summed E-state index contributed by atoms with van der Waals surface area (Å²) >= 11 is 3.27. The highest BCUT2D eigenvalue weighted by atomic mass is 79.9. The van der Waals surface area contributed by atoms with Crippen molar-refractivity contribution < 1.29 is 5.11 Å². The molecule has 1 aromatic heterocycles. The Labute approximate surface area is 105 Å². The molecular weight excluding hydrogens is 270 g/mol. The molecule has 16 heavy (non-hydrogen) atoms. The predicted molar refractivity (Wildman–Crippen MR) is 68.3 cm³/mol. The van der Waals surface area contributed by atoms with Crippen molar-refractivity contribution in [3.8, 4) is 0 Å². The summed E-state index contributed by atoms with van der Waals surface area (Å²) in [6.07, 6.45) is 3.14. The van der Waals surface area contributed by atoms with E-state index < -0.39 is 0 Å². The van der Waals surface area contributed by atoms with E-state index in [1.807, 2.05) is 0 Å². The Bertz CT molecular complexity index is 318. The highest BCUT2D eigenvalue weighted by Gasteiger charge is 2.14. The number of halogens is 1. The lowest BCUT2D eigenvalue weighted by molar-refractivity contribution is 0.114. The molecule has 0 aliphatic heterocycles. The van der Waals surface area contributed by atoms with Crippen molar-refractivity contribution in [1.29, 1.82) is 0 Å². The Morgan fingerprint density at radius 1 is 1.38 bits per heavy atom. The molecule has 5 heteroatoms. The van der Waals surface area contributed by atoms with Gasteiger partial charge < -0.3 is 10.4 Å². The maximum atomic E-state index is 9.92. The normalized spacial score (nSPS) is 12.8. The maximum Gasteiger partial charge on any atom is 0.130 e. The van der Waals surface area contributed by atoms with Gasteiger partial charge in [-0.25, -0.2) is 9.97 Å². The number of anilines is 1. The second-order valence-corrected chi connectivity index (χ2v) is 4.56. The number of hydrogen-bond acceptors (Lipinski definition) is 4. The van der Waals surface area contributed by atoms with Crippen LogP contribution in [0.1, 0.15) is 26.7 Å². The zero-order valence-corrected chi connectivity index (χ0v) is 11.2. The third-order valence-electron chi connectivity index (χ3n) is 2.72. The van der Waals surface area contributed by atoms with Gasteiger partial charge in [-0.05, 0) is 21.8 Å². The molecule has 1 rings (SSSR count). The summed E-state index contributed by atoms with van der Waals surface area (Å²) in [7, 11) is 0. The van der Waals surface area contributed by atoms with Gasteiger partial charge in [-0.1, -0.05) is 26.7 Å². The van der Waals surface area contributed by atoms with Gasteiger partial charge in [0.1, 0.15) is 16.7 Å². The van der Waals surface area contributed by atoms with Crippen molar-refractivity contribution in [2.24, 2.45) is 5.92 Å². The molecule has 0 saturated carbocycles. The summed E-state index contributed by atoms with van der Waals surface area (Å²) in [6, 6.07) is 1.79. The number of nitrogens with one attached hydrogen (secondary N) is 1. The van der Waals surface area contributed by atoms with Crippen LogP contribution in [-0.4, -0.2) is 27.7 Å². The molecule has 2 N–H and O–H groups in total. The van der Waals surface area contributed by atoms with Gasteiger partial charge in [0.25, 0.3) is 0 Å². The molecule has 0 aliphatic rings. The Morgan fingerprint density at radius 3 is 2.62 bits per heavy atom. The molecule has 0 radical (unpaired) electrons. The van der Waals surface area contributed by atoms with Gasteiger partial charge in [-0.3, -0.25) is 0 Å². The first-order valence-corrected chi connectivity index (χ1v) is 6.36. The molecule has 1 aromatic rings. The van der Waals surface area contributed by atoms with Crippen LogP contribution in [0.25, 0.3) is 0 Å².